The van der Waals surface area contributed by atoms with Crippen LogP contribution < -0.4 is 5.32 Å². The van der Waals surface area contributed by atoms with Gasteiger partial charge in [0.15, 0.2) is 0 Å². The van der Waals surface area contributed by atoms with E-state index in [1.807, 2.05) is 0 Å². The van der Waals surface area contributed by atoms with Gasteiger partial charge in [-0.05, 0) is 19.0 Å². The third-order valence-electron chi connectivity index (χ3n) is 3.00. The van der Waals surface area contributed by atoms with Gasteiger partial charge in [-0.3, -0.25) is 0 Å². The quantitative estimate of drug-likeness (QED) is 0.821. The minimum absolute atomic E-state index is 0.0817. The molecule has 0 aliphatic rings. The molecule has 0 radical (unpaired) electrons. The van der Waals surface area contributed by atoms with Gasteiger partial charge >= 0.3 is 0 Å². The van der Waals surface area contributed by atoms with Gasteiger partial charge in [-0.15, -0.1) is 0 Å². The average Bonchev–Trinajstić information content (AvgIpc) is 2.24. The van der Waals surface area contributed by atoms with Crippen molar-refractivity contribution in [2.45, 2.75) is 33.1 Å². The van der Waals surface area contributed by atoms with E-state index < -0.39 is 0 Å². The number of hydrogen-bond donors (Lipinski definition) is 1. The fourth-order valence-corrected chi connectivity index (χ4v) is 2.59. The predicted molar refractivity (Wildman–Crippen MR) is 80.8 cm³/mol. The molecule has 0 unspecified atom stereocenters. The van der Waals surface area contributed by atoms with Crippen LogP contribution in [0.5, 0.6) is 0 Å². The molecule has 1 aromatic rings. The molecule has 0 fully saturated rings. The molecule has 0 aromatic heterocycles. The van der Waals surface area contributed by atoms with Crippen LogP contribution in [0, 0.1) is 9.02 Å². The van der Waals surface area contributed by atoms with E-state index in [1.165, 1.54) is 5.56 Å². The summed E-state index contributed by atoms with van der Waals surface area (Å²) >= 11 is 10.6. The SMILES string of the molecule is CCN(C)CCNc1c(C(C)(C)C)c(=S)c1=S. The zero-order chi connectivity index (χ0) is 13.2. The first-order valence-corrected chi connectivity index (χ1v) is 6.87. The van der Waals surface area contributed by atoms with Crippen LogP contribution in [0.1, 0.15) is 33.3 Å². The Morgan fingerprint density at radius 3 is 2.24 bits per heavy atom. The highest BCUT2D eigenvalue weighted by atomic mass is 32.1. The van der Waals surface area contributed by atoms with Gasteiger partial charge in [-0.2, -0.15) is 0 Å². The van der Waals surface area contributed by atoms with Crippen LogP contribution in [0.2, 0.25) is 0 Å². The molecule has 17 heavy (non-hydrogen) atoms. The molecule has 1 rings (SSSR count). The molecular weight excluding hydrogens is 248 g/mol. The largest absolute Gasteiger partial charge is 0.382 e. The van der Waals surface area contributed by atoms with E-state index in [4.69, 9.17) is 24.4 Å². The molecule has 1 N–H and O–H groups in total. The van der Waals surface area contributed by atoms with Gasteiger partial charge in [-0.1, -0.05) is 52.1 Å². The van der Waals surface area contributed by atoms with Crippen LogP contribution >= 0.6 is 24.4 Å². The maximum Gasteiger partial charge on any atom is 0.0796 e. The molecule has 4 heteroatoms. The molecule has 0 amide bonds. The summed E-state index contributed by atoms with van der Waals surface area (Å²) in [5.41, 5.74) is 2.40. The first kappa shape index (κ1) is 14.7. The summed E-state index contributed by atoms with van der Waals surface area (Å²) in [6.07, 6.45) is 0. The lowest BCUT2D eigenvalue weighted by molar-refractivity contribution is 0.367. The standard InChI is InChI=1S/C13H22N2S2/c1-6-15(5)8-7-14-10-9(13(2,3)4)11(16)12(10)17/h14H,6-8H2,1-5H3. The first-order chi connectivity index (χ1) is 7.79. The van der Waals surface area contributed by atoms with E-state index in [0.29, 0.717) is 0 Å². The van der Waals surface area contributed by atoms with Gasteiger partial charge in [0.05, 0.1) is 14.7 Å². The normalized spacial score (nSPS) is 12.4. The second kappa shape index (κ2) is 5.55. The Hall–Kier alpha value is -0.320. The van der Waals surface area contributed by atoms with Gasteiger partial charge in [0.2, 0.25) is 0 Å². The number of rotatable bonds is 5. The minimum atomic E-state index is 0.0817. The van der Waals surface area contributed by atoms with Crippen molar-refractivity contribution in [2.24, 2.45) is 0 Å². The number of nitrogens with zero attached hydrogens (tertiary/aromatic N) is 1. The van der Waals surface area contributed by atoms with Crippen molar-refractivity contribution < 1.29 is 0 Å². The Morgan fingerprint density at radius 1 is 1.18 bits per heavy atom. The molecule has 0 bridgehead atoms. The summed E-state index contributed by atoms with van der Waals surface area (Å²) in [4.78, 5) is 2.27. The second-order valence-electron chi connectivity index (χ2n) is 5.48. The molecule has 0 heterocycles. The van der Waals surface area contributed by atoms with Gasteiger partial charge in [0.1, 0.15) is 0 Å². The molecule has 0 spiro atoms. The van der Waals surface area contributed by atoms with Crippen LogP contribution in [-0.4, -0.2) is 31.6 Å². The van der Waals surface area contributed by atoms with Crippen molar-refractivity contribution in [1.82, 2.24) is 4.90 Å². The fourth-order valence-electron chi connectivity index (χ4n) is 1.81. The lowest BCUT2D eigenvalue weighted by atomic mass is 9.83. The van der Waals surface area contributed by atoms with E-state index in [-0.39, 0.29) is 5.41 Å². The van der Waals surface area contributed by atoms with Gasteiger partial charge < -0.3 is 10.2 Å². The summed E-state index contributed by atoms with van der Waals surface area (Å²) in [7, 11) is 2.12. The van der Waals surface area contributed by atoms with Gasteiger partial charge in [0, 0.05) is 18.7 Å². The third-order valence-corrected chi connectivity index (χ3v) is 3.94. The Labute approximate surface area is 115 Å². The lowest BCUT2D eigenvalue weighted by Gasteiger charge is -2.27. The second-order valence-corrected chi connectivity index (χ2v) is 6.30. The Balaban J connectivity index is 2.71. The third kappa shape index (κ3) is 3.33. The van der Waals surface area contributed by atoms with E-state index in [1.54, 1.807) is 0 Å². The number of nitrogens with one attached hydrogen (secondary N) is 1. The van der Waals surface area contributed by atoms with Crippen molar-refractivity contribution in [3.8, 4) is 0 Å². The predicted octanol–water partition coefficient (Wildman–Crippen LogP) is 3.68. The molecule has 2 nitrogen and oxygen atoms in total. The zero-order valence-electron chi connectivity index (χ0n) is 11.4. The van der Waals surface area contributed by atoms with Crippen LogP contribution in [0.25, 0.3) is 0 Å². The van der Waals surface area contributed by atoms with Crippen molar-refractivity contribution >= 4 is 30.1 Å². The van der Waals surface area contributed by atoms with Crippen molar-refractivity contribution in [1.29, 1.82) is 0 Å². The molecule has 1 aromatic carbocycles. The highest BCUT2D eigenvalue weighted by Crippen LogP contribution is 2.36. The molecular formula is C13H22N2S2. The summed E-state index contributed by atoms with van der Waals surface area (Å²) in [6, 6.07) is 0. The van der Waals surface area contributed by atoms with E-state index >= 15 is 0 Å². The van der Waals surface area contributed by atoms with Crippen molar-refractivity contribution in [3.05, 3.63) is 14.6 Å². The molecule has 0 aliphatic heterocycles. The zero-order valence-corrected chi connectivity index (χ0v) is 13.0. The topological polar surface area (TPSA) is 15.3 Å². The van der Waals surface area contributed by atoms with Crippen LogP contribution in [0.3, 0.4) is 0 Å². The summed E-state index contributed by atoms with van der Waals surface area (Å²) in [5.74, 6) is 0. The van der Waals surface area contributed by atoms with Crippen LogP contribution in [0.15, 0.2) is 0 Å². The first-order valence-electron chi connectivity index (χ1n) is 6.05. The van der Waals surface area contributed by atoms with Gasteiger partial charge in [-0.25, -0.2) is 0 Å². The van der Waals surface area contributed by atoms with E-state index in [0.717, 1.165) is 34.3 Å². The molecule has 0 aliphatic carbocycles. The summed E-state index contributed by atoms with van der Waals surface area (Å²) in [6.45, 7) is 11.7. The maximum absolute atomic E-state index is 5.33. The Bertz CT molecular complexity index is 450. The molecule has 0 saturated heterocycles. The smallest absolute Gasteiger partial charge is 0.0796 e. The minimum Gasteiger partial charge on any atom is -0.382 e. The lowest BCUT2D eigenvalue weighted by Crippen LogP contribution is -2.27. The Morgan fingerprint density at radius 2 is 1.76 bits per heavy atom. The van der Waals surface area contributed by atoms with Crippen molar-refractivity contribution in [3.63, 3.8) is 0 Å². The highest BCUT2D eigenvalue weighted by molar-refractivity contribution is 7.74. The average molecular weight is 270 g/mol. The van der Waals surface area contributed by atoms with Crippen LogP contribution in [-0.2, 0) is 5.41 Å². The maximum atomic E-state index is 5.33. The van der Waals surface area contributed by atoms with Crippen molar-refractivity contribution in [2.75, 3.05) is 32.0 Å². The number of likely N-dealkylation sites (N-methyl/N-ethyl adjacent to an activating group) is 1. The summed E-state index contributed by atoms with van der Waals surface area (Å²) < 4.78 is 1.71. The number of hydrogen-bond acceptors (Lipinski definition) is 4. The summed E-state index contributed by atoms with van der Waals surface area (Å²) in [5, 5.41) is 3.43. The Kier molecular flexibility index (Phi) is 4.81. The molecule has 0 atom stereocenters. The number of anilines is 1. The fraction of sp³-hybridized carbons (Fsp3) is 0.692. The van der Waals surface area contributed by atoms with E-state index in [9.17, 15) is 0 Å². The molecule has 96 valence electrons. The molecule has 0 saturated carbocycles. The van der Waals surface area contributed by atoms with Crippen LogP contribution in [0.4, 0.5) is 5.69 Å². The van der Waals surface area contributed by atoms with Gasteiger partial charge in [0.25, 0.3) is 0 Å². The van der Waals surface area contributed by atoms with E-state index in [2.05, 4.69) is 45.0 Å². The highest BCUT2D eigenvalue weighted by Gasteiger charge is 2.25. The monoisotopic (exact) mass is 270 g/mol.